The van der Waals surface area contributed by atoms with Gasteiger partial charge in [-0.3, -0.25) is 9.59 Å². The number of nitrogens with zero attached hydrogens (tertiary/aromatic N) is 4. The van der Waals surface area contributed by atoms with E-state index < -0.39 is 26.6 Å². The fourth-order valence-corrected chi connectivity index (χ4v) is 8.20. The molecule has 0 spiro atoms. The molecular formula is C33H30F3N5O4S2. The molecule has 4 heterocycles. The molecule has 0 amide bonds. The van der Waals surface area contributed by atoms with Gasteiger partial charge in [-0.25, -0.2) is 12.4 Å². The lowest BCUT2D eigenvalue weighted by molar-refractivity contribution is -0.212. The number of fused-ring (bicyclic) bond motifs is 1. The Morgan fingerprint density at radius 1 is 1.04 bits per heavy atom. The van der Waals surface area contributed by atoms with Crippen LogP contribution < -0.4 is 11.1 Å². The molecule has 1 aliphatic carbocycles. The van der Waals surface area contributed by atoms with Crippen LogP contribution >= 0.6 is 11.8 Å². The van der Waals surface area contributed by atoms with E-state index in [2.05, 4.69) is 10.1 Å². The SMILES string of the molecule is CSCCn1cc(-c2ccccc2)c(C2=CCC(C)(S(=O)(=O)n3c(-c4cnn(C(F)(F)F)c4)cc4cc[nH]c(=O)c43)C(C)=C2)cc1=O. The number of aromatic nitrogens is 5. The van der Waals surface area contributed by atoms with Gasteiger partial charge in [0.25, 0.3) is 11.1 Å². The van der Waals surface area contributed by atoms with E-state index in [4.69, 9.17) is 0 Å². The fraction of sp³-hybridized carbons (Fsp3) is 0.242. The Balaban J connectivity index is 1.48. The van der Waals surface area contributed by atoms with Crippen LogP contribution in [-0.4, -0.2) is 48.5 Å². The molecular weight excluding hydrogens is 652 g/mol. The van der Waals surface area contributed by atoms with E-state index in [1.165, 1.54) is 25.3 Å². The number of nitrogens with one attached hydrogen (secondary N) is 1. The Morgan fingerprint density at radius 2 is 1.79 bits per heavy atom. The lowest BCUT2D eigenvalue weighted by Gasteiger charge is -2.34. The number of hydrogen-bond donors (Lipinski definition) is 1. The van der Waals surface area contributed by atoms with Gasteiger partial charge in [0.05, 0.1) is 11.9 Å². The number of H-pyrrole nitrogens is 1. The minimum Gasteiger partial charge on any atom is -0.327 e. The first-order valence-electron chi connectivity index (χ1n) is 14.5. The third kappa shape index (κ3) is 5.58. The molecule has 0 saturated carbocycles. The zero-order valence-electron chi connectivity index (χ0n) is 25.6. The molecule has 1 aromatic carbocycles. The standard InChI is InChI=1S/C33H30F3N5O4S2/c1-21-15-23(26-17-29(42)39(13-14-46-3)20-27(26)22-7-5-4-6-8-22)9-11-32(21,2)47(44,45)41-28(16-24-10-12-37-31(43)30(24)41)25-18-38-40(19-25)33(34,35)36/h4-10,12,15-20H,11,13-14H2,1-3H3,(H,37,43). The van der Waals surface area contributed by atoms with Crippen molar-refractivity contribution in [1.29, 1.82) is 0 Å². The maximum Gasteiger partial charge on any atom is 0.504 e. The number of pyridine rings is 2. The number of hydrogen-bond acceptors (Lipinski definition) is 6. The summed E-state index contributed by atoms with van der Waals surface area (Å²) in [6.45, 7) is 3.70. The van der Waals surface area contributed by atoms with Crippen LogP contribution in [0.25, 0.3) is 38.9 Å². The van der Waals surface area contributed by atoms with Crippen molar-refractivity contribution >= 4 is 38.3 Å². The molecule has 0 saturated heterocycles. The van der Waals surface area contributed by atoms with Crippen molar-refractivity contribution in [2.24, 2.45) is 0 Å². The van der Waals surface area contributed by atoms with E-state index in [1.54, 1.807) is 41.5 Å². The molecule has 0 aliphatic heterocycles. The number of alkyl halides is 3. The Kier molecular flexibility index (Phi) is 8.20. The smallest absolute Gasteiger partial charge is 0.327 e. The molecule has 5 aromatic rings. The van der Waals surface area contributed by atoms with Crippen molar-refractivity contribution in [3.05, 3.63) is 117 Å². The van der Waals surface area contributed by atoms with Gasteiger partial charge in [-0.2, -0.15) is 21.5 Å². The highest BCUT2D eigenvalue weighted by atomic mass is 32.2. The molecule has 0 bridgehead atoms. The van der Waals surface area contributed by atoms with Crippen LogP contribution in [0, 0.1) is 0 Å². The number of aromatic amines is 1. The van der Waals surface area contributed by atoms with Crippen LogP contribution in [0.1, 0.15) is 25.8 Å². The first-order valence-corrected chi connectivity index (χ1v) is 17.4. The second-order valence-electron chi connectivity index (χ2n) is 11.5. The zero-order valence-corrected chi connectivity index (χ0v) is 27.2. The summed E-state index contributed by atoms with van der Waals surface area (Å²) < 4.78 is 70.4. The average molecular weight is 682 g/mol. The summed E-state index contributed by atoms with van der Waals surface area (Å²) in [5.74, 6) is 0.751. The van der Waals surface area contributed by atoms with Crippen LogP contribution in [0.4, 0.5) is 13.2 Å². The van der Waals surface area contributed by atoms with E-state index in [9.17, 15) is 31.2 Å². The fourth-order valence-electron chi connectivity index (χ4n) is 5.81. The summed E-state index contributed by atoms with van der Waals surface area (Å²) in [6, 6.07) is 14.0. The van der Waals surface area contributed by atoms with Crippen LogP contribution in [0.3, 0.4) is 0 Å². The Morgan fingerprint density at radius 3 is 2.45 bits per heavy atom. The maximum absolute atomic E-state index is 14.7. The minimum atomic E-state index is -4.82. The van der Waals surface area contributed by atoms with Crippen molar-refractivity contribution in [3.8, 4) is 22.4 Å². The molecule has 6 rings (SSSR count). The van der Waals surface area contributed by atoms with Crippen molar-refractivity contribution < 1.29 is 21.6 Å². The number of halogens is 3. The van der Waals surface area contributed by atoms with Crippen LogP contribution in [0.15, 0.2) is 101 Å². The molecule has 1 unspecified atom stereocenters. The van der Waals surface area contributed by atoms with Crippen molar-refractivity contribution in [2.75, 3.05) is 12.0 Å². The van der Waals surface area contributed by atoms with Gasteiger partial charge in [-0.05, 0) is 60.9 Å². The zero-order chi connectivity index (χ0) is 33.7. The summed E-state index contributed by atoms with van der Waals surface area (Å²) in [6.07, 6.45) is 5.33. The van der Waals surface area contributed by atoms with Crippen LogP contribution in [0.5, 0.6) is 0 Å². The number of allylic oxidation sites excluding steroid dienone is 3. The number of thioether (sulfide) groups is 1. The van der Waals surface area contributed by atoms with E-state index in [0.717, 1.165) is 27.0 Å². The van der Waals surface area contributed by atoms with E-state index in [0.29, 0.717) is 29.5 Å². The number of benzene rings is 1. The van der Waals surface area contributed by atoms with Gasteiger partial charge in [0.2, 0.25) is 10.0 Å². The highest BCUT2D eigenvalue weighted by molar-refractivity contribution is 7.98. The molecule has 1 N–H and O–H groups in total. The van der Waals surface area contributed by atoms with Gasteiger partial charge in [-0.1, -0.05) is 42.5 Å². The highest BCUT2D eigenvalue weighted by Crippen LogP contribution is 2.43. The van der Waals surface area contributed by atoms with Crippen LogP contribution in [-0.2, 0) is 22.9 Å². The summed E-state index contributed by atoms with van der Waals surface area (Å²) in [4.78, 5) is 28.7. The molecule has 4 aromatic heterocycles. The third-order valence-corrected chi connectivity index (χ3v) is 11.7. The Bertz CT molecular complexity index is 2300. The lowest BCUT2D eigenvalue weighted by atomic mass is 9.85. The predicted molar refractivity (Wildman–Crippen MR) is 179 cm³/mol. The third-order valence-electron chi connectivity index (χ3n) is 8.60. The maximum atomic E-state index is 14.7. The molecule has 0 radical (unpaired) electrons. The predicted octanol–water partition coefficient (Wildman–Crippen LogP) is 6.23. The summed E-state index contributed by atoms with van der Waals surface area (Å²) >= 11 is 1.63. The normalized spacial score (nSPS) is 17.1. The monoisotopic (exact) mass is 681 g/mol. The summed E-state index contributed by atoms with van der Waals surface area (Å²) in [5.41, 5.74) is 2.03. The van der Waals surface area contributed by atoms with E-state index >= 15 is 0 Å². The topological polar surface area (TPSA) is 112 Å². The number of rotatable bonds is 8. The van der Waals surface area contributed by atoms with Gasteiger partial charge >= 0.3 is 6.30 Å². The van der Waals surface area contributed by atoms with Gasteiger partial charge in [0.15, 0.2) is 0 Å². The molecule has 1 aliphatic rings. The second kappa shape index (κ2) is 11.9. The molecule has 14 heteroatoms. The number of aryl methyl sites for hydroxylation is 1. The summed E-state index contributed by atoms with van der Waals surface area (Å²) in [5, 5.41) is 3.61. The lowest BCUT2D eigenvalue weighted by Crippen LogP contribution is -2.42. The van der Waals surface area contributed by atoms with Crippen molar-refractivity contribution in [2.45, 2.75) is 37.9 Å². The van der Waals surface area contributed by atoms with E-state index in [-0.39, 0.29) is 38.8 Å². The Hall–Kier alpha value is -4.56. The first-order chi connectivity index (χ1) is 22.3. The minimum absolute atomic E-state index is 0.0392. The van der Waals surface area contributed by atoms with Gasteiger partial charge < -0.3 is 9.55 Å². The van der Waals surface area contributed by atoms with Gasteiger partial charge in [0.1, 0.15) is 10.3 Å². The van der Waals surface area contributed by atoms with E-state index in [1.807, 2.05) is 42.8 Å². The summed E-state index contributed by atoms with van der Waals surface area (Å²) in [7, 11) is -4.52. The molecule has 1 atom stereocenters. The molecule has 244 valence electrons. The van der Waals surface area contributed by atoms with Crippen molar-refractivity contribution in [1.82, 2.24) is 23.3 Å². The first kappa shape index (κ1) is 32.4. The quantitative estimate of drug-likeness (QED) is 0.208. The van der Waals surface area contributed by atoms with Gasteiger partial charge in [-0.15, -0.1) is 13.2 Å². The highest BCUT2D eigenvalue weighted by Gasteiger charge is 2.45. The van der Waals surface area contributed by atoms with Crippen molar-refractivity contribution in [3.63, 3.8) is 0 Å². The largest absolute Gasteiger partial charge is 0.504 e. The molecule has 9 nitrogen and oxygen atoms in total. The molecule has 47 heavy (non-hydrogen) atoms. The Labute approximate surface area is 272 Å². The molecule has 0 fully saturated rings. The average Bonchev–Trinajstić information content (AvgIpc) is 3.69. The van der Waals surface area contributed by atoms with Gasteiger partial charge in [0, 0.05) is 53.5 Å². The van der Waals surface area contributed by atoms with Crippen LogP contribution in [0.2, 0.25) is 0 Å². The second-order valence-corrected chi connectivity index (χ2v) is 14.7.